The van der Waals surface area contributed by atoms with Gasteiger partial charge in [-0.05, 0) is 34.4 Å². The third-order valence-corrected chi connectivity index (χ3v) is 3.41. The lowest BCUT2D eigenvalue weighted by atomic mass is 10.0. The predicted octanol–water partition coefficient (Wildman–Crippen LogP) is 3.33. The molecule has 0 bridgehead atoms. The zero-order valence-electron chi connectivity index (χ0n) is 8.68. The molecule has 1 atom stereocenters. The fourth-order valence-corrected chi connectivity index (χ4v) is 2.56. The normalized spacial score (nSPS) is 12.7. The Morgan fingerprint density at radius 1 is 1.20 bits per heavy atom. The van der Waals surface area contributed by atoms with Gasteiger partial charge >= 0.3 is 0 Å². The van der Waals surface area contributed by atoms with E-state index in [1.54, 1.807) is 11.3 Å². The molecule has 1 nitrogen and oxygen atoms in total. The molecular formula is C13H14OS. The van der Waals surface area contributed by atoms with Gasteiger partial charge in [0.15, 0.2) is 0 Å². The van der Waals surface area contributed by atoms with Crippen LogP contribution in [0.1, 0.15) is 22.8 Å². The second-order valence-corrected chi connectivity index (χ2v) is 4.46. The van der Waals surface area contributed by atoms with Crippen molar-refractivity contribution in [2.75, 3.05) is 0 Å². The van der Waals surface area contributed by atoms with Crippen molar-refractivity contribution in [2.45, 2.75) is 19.4 Å². The summed E-state index contributed by atoms with van der Waals surface area (Å²) in [6, 6.07) is 10.1. The first kappa shape index (κ1) is 10.4. The first-order valence-electron chi connectivity index (χ1n) is 5.02. The van der Waals surface area contributed by atoms with E-state index in [2.05, 4.69) is 5.38 Å². The van der Waals surface area contributed by atoms with Crippen molar-refractivity contribution in [2.24, 2.45) is 0 Å². The van der Waals surface area contributed by atoms with Gasteiger partial charge in [-0.1, -0.05) is 30.3 Å². The van der Waals surface area contributed by atoms with E-state index in [0.717, 1.165) is 5.56 Å². The van der Waals surface area contributed by atoms with E-state index < -0.39 is 0 Å². The Bertz CT molecular complexity index is 419. The third kappa shape index (κ3) is 2.46. The van der Waals surface area contributed by atoms with Gasteiger partial charge in [0, 0.05) is 6.42 Å². The van der Waals surface area contributed by atoms with Gasteiger partial charge in [-0.15, -0.1) is 0 Å². The predicted molar refractivity (Wildman–Crippen MR) is 64.2 cm³/mol. The van der Waals surface area contributed by atoms with Crippen molar-refractivity contribution in [1.82, 2.24) is 0 Å². The van der Waals surface area contributed by atoms with Crippen LogP contribution in [0.5, 0.6) is 0 Å². The summed E-state index contributed by atoms with van der Waals surface area (Å²) in [6.45, 7) is 2.04. The van der Waals surface area contributed by atoms with E-state index in [0.29, 0.717) is 6.42 Å². The average Bonchev–Trinajstić information content (AvgIpc) is 2.66. The number of hydrogen-bond donors (Lipinski definition) is 1. The van der Waals surface area contributed by atoms with Gasteiger partial charge in [-0.25, -0.2) is 0 Å². The molecule has 0 saturated carbocycles. The van der Waals surface area contributed by atoms with Crippen molar-refractivity contribution in [1.29, 1.82) is 0 Å². The minimum absolute atomic E-state index is 0.376. The Hall–Kier alpha value is -1.12. The van der Waals surface area contributed by atoms with E-state index in [-0.39, 0.29) is 6.10 Å². The largest absolute Gasteiger partial charge is 0.388 e. The quantitative estimate of drug-likeness (QED) is 0.837. The maximum atomic E-state index is 10.1. The van der Waals surface area contributed by atoms with Gasteiger partial charge in [0.25, 0.3) is 0 Å². The van der Waals surface area contributed by atoms with Crippen molar-refractivity contribution in [3.05, 3.63) is 57.8 Å². The molecule has 0 radical (unpaired) electrons. The first-order chi connectivity index (χ1) is 7.27. The average molecular weight is 218 g/mol. The maximum absolute atomic E-state index is 10.1. The molecule has 1 aromatic heterocycles. The third-order valence-electron chi connectivity index (χ3n) is 2.53. The lowest BCUT2D eigenvalue weighted by molar-refractivity contribution is 0.178. The van der Waals surface area contributed by atoms with Crippen LogP contribution in [-0.4, -0.2) is 5.11 Å². The first-order valence-corrected chi connectivity index (χ1v) is 5.96. The molecule has 0 spiro atoms. The number of aliphatic hydroxyl groups is 1. The molecule has 78 valence electrons. The van der Waals surface area contributed by atoms with Crippen LogP contribution in [0, 0.1) is 6.92 Å². The van der Waals surface area contributed by atoms with E-state index in [9.17, 15) is 5.11 Å². The van der Waals surface area contributed by atoms with Gasteiger partial charge in [0.1, 0.15) is 0 Å². The molecule has 2 heteroatoms. The SMILES string of the molecule is Cc1cscc1C(O)Cc1ccccc1. The monoisotopic (exact) mass is 218 g/mol. The van der Waals surface area contributed by atoms with E-state index in [1.807, 2.05) is 42.6 Å². The summed E-state index contributed by atoms with van der Waals surface area (Å²) in [5, 5.41) is 14.2. The van der Waals surface area contributed by atoms with Gasteiger partial charge in [-0.3, -0.25) is 0 Å². The molecule has 1 N–H and O–H groups in total. The van der Waals surface area contributed by atoms with Crippen LogP contribution >= 0.6 is 11.3 Å². The minimum atomic E-state index is -0.376. The van der Waals surface area contributed by atoms with Crippen molar-refractivity contribution < 1.29 is 5.11 Å². The summed E-state index contributed by atoms with van der Waals surface area (Å²) >= 11 is 1.65. The highest BCUT2D eigenvalue weighted by Crippen LogP contribution is 2.24. The van der Waals surface area contributed by atoms with Gasteiger partial charge < -0.3 is 5.11 Å². The highest BCUT2D eigenvalue weighted by Gasteiger charge is 2.11. The second-order valence-electron chi connectivity index (χ2n) is 3.72. The Kier molecular flexibility index (Phi) is 3.19. The second kappa shape index (κ2) is 4.60. The summed E-state index contributed by atoms with van der Waals surface area (Å²) in [6.07, 6.45) is 0.317. The number of thiophene rings is 1. The topological polar surface area (TPSA) is 20.2 Å². The van der Waals surface area contributed by atoms with Crippen LogP contribution in [0.15, 0.2) is 41.1 Å². The Morgan fingerprint density at radius 3 is 2.53 bits per heavy atom. The Balaban J connectivity index is 2.11. The zero-order valence-corrected chi connectivity index (χ0v) is 9.50. The fraction of sp³-hybridized carbons (Fsp3) is 0.231. The van der Waals surface area contributed by atoms with Gasteiger partial charge in [0.2, 0.25) is 0 Å². The Labute approximate surface area is 94.0 Å². The summed E-state index contributed by atoms with van der Waals surface area (Å²) in [5.74, 6) is 0. The summed E-state index contributed by atoms with van der Waals surface area (Å²) in [7, 11) is 0. The molecule has 1 heterocycles. The number of rotatable bonds is 3. The molecule has 0 amide bonds. The van der Waals surface area contributed by atoms with Crippen LogP contribution in [0.3, 0.4) is 0 Å². The Morgan fingerprint density at radius 2 is 1.93 bits per heavy atom. The number of benzene rings is 1. The standard InChI is InChI=1S/C13H14OS/c1-10-8-15-9-12(10)13(14)7-11-5-3-2-4-6-11/h2-6,8-9,13-14H,7H2,1H3. The van der Waals surface area contributed by atoms with Gasteiger partial charge in [0.05, 0.1) is 6.10 Å². The molecule has 0 aliphatic carbocycles. The molecule has 0 fully saturated rings. The highest BCUT2D eigenvalue weighted by atomic mass is 32.1. The van der Waals surface area contributed by atoms with Crippen LogP contribution < -0.4 is 0 Å². The zero-order chi connectivity index (χ0) is 10.7. The summed E-state index contributed by atoms with van der Waals surface area (Å²) in [4.78, 5) is 0. The smallest absolute Gasteiger partial charge is 0.0840 e. The molecule has 2 aromatic rings. The molecule has 0 aliphatic heterocycles. The van der Waals surface area contributed by atoms with Crippen molar-refractivity contribution >= 4 is 11.3 Å². The molecule has 15 heavy (non-hydrogen) atoms. The molecule has 1 aromatic carbocycles. The molecule has 0 saturated heterocycles. The molecule has 2 rings (SSSR count). The molecule has 1 unspecified atom stereocenters. The maximum Gasteiger partial charge on any atom is 0.0840 e. The van der Waals surface area contributed by atoms with Crippen LogP contribution in [0.2, 0.25) is 0 Å². The number of aliphatic hydroxyl groups excluding tert-OH is 1. The van der Waals surface area contributed by atoms with E-state index in [4.69, 9.17) is 0 Å². The van der Waals surface area contributed by atoms with Crippen molar-refractivity contribution in [3.63, 3.8) is 0 Å². The van der Waals surface area contributed by atoms with Crippen LogP contribution in [0.25, 0.3) is 0 Å². The van der Waals surface area contributed by atoms with E-state index in [1.165, 1.54) is 11.1 Å². The lowest BCUT2D eigenvalue weighted by Gasteiger charge is -2.10. The number of aryl methyl sites for hydroxylation is 1. The molecule has 0 aliphatic rings. The number of hydrogen-bond acceptors (Lipinski definition) is 2. The fourth-order valence-electron chi connectivity index (χ4n) is 1.66. The van der Waals surface area contributed by atoms with Gasteiger partial charge in [-0.2, -0.15) is 11.3 Å². The lowest BCUT2D eigenvalue weighted by Crippen LogP contribution is -2.01. The molecular weight excluding hydrogens is 204 g/mol. The van der Waals surface area contributed by atoms with E-state index >= 15 is 0 Å². The summed E-state index contributed by atoms with van der Waals surface area (Å²) in [5.41, 5.74) is 3.42. The van der Waals surface area contributed by atoms with Crippen LogP contribution in [-0.2, 0) is 6.42 Å². The van der Waals surface area contributed by atoms with Crippen molar-refractivity contribution in [3.8, 4) is 0 Å². The minimum Gasteiger partial charge on any atom is -0.388 e. The summed E-state index contributed by atoms with van der Waals surface area (Å²) < 4.78 is 0. The van der Waals surface area contributed by atoms with Crippen LogP contribution in [0.4, 0.5) is 0 Å². The highest BCUT2D eigenvalue weighted by molar-refractivity contribution is 7.08.